The molecule has 0 N–H and O–H groups in total. The molecule has 2 aromatic heterocycles. The molecule has 0 amide bonds. The van der Waals surface area contributed by atoms with Crippen molar-refractivity contribution in [3.8, 4) is 22.5 Å². The van der Waals surface area contributed by atoms with Crippen LogP contribution in [0, 0.1) is 12.8 Å². The van der Waals surface area contributed by atoms with Gasteiger partial charge in [0.1, 0.15) is 12.9 Å². The van der Waals surface area contributed by atoms with Crippen LogP contribution in [-0.2, 0) is 13.4 Å². The van der Waals surface area contributed by atoms with Crippen molar-refractivity contribution in [3.05, 3.63) is 66.2 Å². The fraction of sp³-hybridized carbons (Fsp3) is 0.286. The second kappa shape index (κ2) is 6.91. The van der Waals surface area contributed by atoms with Crippen LogP contribution < -0.4 is 4.57 Å². The Hall–Kier alpha value is -2.55. The number of hydrogen-bond acceptors (Lipinski definition) is 2. The van der Waals surface area contributed by atoms with E-state index >= 15 is 0 Å². The zero-order valence-electron chi connectivity index (χ0n) is 20.0. The van der Waals surface area contributed by atoms with E-state index in [0.717, 1.165) is 29.3 Å². The van der Waals surface area contributed by atoms with E-state index in [2.05, 4.69) is 9.97 Å². The van der Waals surface area contributed by atoms with Gasteiger partial charge in [-0.2, -0.15) is 0 Å². The van der Waals surface area contributed by atoms with Gasteiger partial charge < -0.3 is 0 Å². The van der Waals surface area contributed by atoms with Crippen molar-refractivity contribution in [1.29, 1.82) is 0 Å². The van der Waals surface area contributed by atoms with Gasteiger partial charge in [0.15, 0.2) is 6.20 Å². The minimum atomic E-state index is -2.84. The van der Waals surface area contributed by atoms with E-state index < -0.39 is 19.1 Å². The van der Waals surface area contributed by atoms with Crippen LogP contribution >= 0.6 is 0 Å². The molecule has 0 spiro atoms. The van der Waals surface area contributed by atoms with Crippen LogP contribution in [0.1, 0.15) is 33.4 Å². The van der Waals surface area contributed by atoms with Gasteiger partial charge in [0, 0.05) is 44.1 Å². The minimum Gasteiger partial charge on any atom is -0.241 e. The highest BCUT2D eigenvalue weighted by molar-refractivity contribution is 5.68. The number of pyridine rings is 1. The highest BCUT2D eigenvalue weighted by Gasteiger charge is 2.14. The molecule has 1 atom stereocenters. The molecular formula is C21H24N3+. The monoisotopic (exact) mass is 324 g/mol. The lowest BCUT2D eigenvalue weighted by Crippen LogP contribution is -2.30. The molecule has 0 aliphatic rings. The Labute approximate surface area is 152 Å². The van der Waals surface area contributed by atoms with Gasteiger partial charge in [0.2, 0.25) is 5.69 Å². The number of rotatable bonds is 4. The summed E-state index contributed by atoms with van der Waals surface area (Å²) in [7, 11) is 1.94. The van der Waals surface area contributed by atoms with Gasteiger partial charge in [-0.25, -0.2) is 14.5 Å². The summed E-state index contributed by atoms with van der Waals surface area (Å²) in [5, 5.41) is 0. The summed E-state index contributed by atoms with van der Waals surface area (Å²) in [6.07, 6.45) is 0.711. The lowest BCUT2D eigenvalue weighted by Gasteiger charge is -2.08. The van der Waals surface area contributed by atoms with E-state index in [9.17, 15) is 0 Å². The van der Waals surface area contributed by atoms with E-state index in [1.54, 1.807) is 6.07 Å². The molecule has 0 radical (unpaired) electrons. The van der Waals surface area contributed by atoms with Gasteiger partial charge in [-0.05, 0) is 30.5 Å². The first-order valence-corrected chi connectivity index (χ1v) is 7.76. The van der Waals surface area contributed by atoms with Crippen LogP contribution in [0.4, 0.5) is 0 Å². The van der Waals surface area contributed by atoms with Crippen LogP contribution in [0.25, 0.3) is 22.5 Å². The van der Waals surface area contributed by atoms with Crippen molar-refractivity contribution in [1.82, 2.24) is 9.97 Å². The van der Waals surface area contributed by atoms with E-state index in [4.69, 9.17) is 8.22 Å². The summed E-state index contributed by atoms with van der Waals surface area (Å²) in [6.45, 7) is 0.243. The standard InChI is InChI=1S/C21H24N3/c1-15(2)13-21-22-11-9-19(23-21)17-10-12-24(4)20(14-17)18-8-6-5-7-16(18)3/h5-12,14-15H,13H2,1-4H3/q+1/i1D3,13D2,15D. The number of hydrogen-bond donors (Lipinski definition) is 0. The van der Waals surface area contributed by atoms with Gasteiger partial charge in [-0.15, -0.1) is 0 Å². The largest absolute Gasteiger partial charge is 0.241 e. The zero-order valence-corrected chi connectivity index (χ0v) is 14.0. The van der Waals surface area contributed by atoms with Crippen LogP contribution in [0.5, 0.6) is 0 Å². The van der Waals surface area contributed by atoms with Crippen molar-refractivity contribution in [3.63, 3.8) is 0 Å². The molecule has 0 aliphatic carbocycles. The molecule has 3 rings (SSSR count). The van der Waals surface area contributed by atoms with Gasteiger partial charge in [-0.3, -0.25) is 0 Å². The predicted octanol–water partition coefficient (Wildman–Crippen LogP) is 4.14. The number of benzene rings is 1. The van der Waals surface area contributed by atoms with Gasteiger partial charge in [0.25, 0.3) is 0 Å². The Morgan fingerprint density at radius 3 is 2.92 bits per heavy atom. The quantitative estimate of drug-likeness (QED) is 0.675. The van der Waals surface area contributed by atoms with E-state index in [1.165, 1.54) is 6.20 Å². The van der Waals surface area contributed by atoms with Crippen LogP contribution in [0.15, 0.2) is 54.9 Å². The highest BCUT2D eigenvalue weighted by Crippen LogP contribution is 2.24. The van der Waals surface area contributed by atoms with Crippen molar-refractivity contribution in [2.75, 3.05) is 0 Å². The fourth-order valence-electron chi connectivity index (χ4n) is 2.60. The normalized spacial score (nSPS) is 18.3. The smallest absolute Gasteiger partial charge is 0.213 e. The zero-order chi connectivity index (χ0) is 22.3. The summed E-state index contributed by atoms with van der Waals surface area (Å²) in [4.78, 5) is 8.28. The SMILES string of the molecule is [2H]C([2H])([2H])C([2H])(C)C([2H])([2H])c1nccc(-c2cc[n+](C)c(-c3ccccc3C)c2)n1. The molecular weight excluding hydrogens is 294 g/mol. The number of nitrogens with zero attached hydrogens (tertiary/aromatic N) is 3. The minimum absolute atomic E-state index is 0.320. The Balaban J connectivity index is 2.10. The topological polar surface area (TPSA) is 29.7 Å². The Morgan fingerprint density at radius 1 is 1.29 bits per heavy atom. The third kappa shape index (κ3) is 3.51. The first-order chi connectivity index (χ1) is 13.9. The molecule has 2 heterocycles. The van der Waals surface area contributed by atoms with Crippen molar-refractivity contribution in [2.45, 2.75) is 27.1 Å². The van der Waals surface area contributed by atoms with Crippen molar-refractivity contribution in [2.24, 2.45) is 12.9 Å². The van der Waals surface area contributed by atoms with Crippen LogP contribution in [0.3, 0.4) is 0 Å². The van der Waals surface area contributed by atoms with Crippen LogP contribution in [-0.4, -0.2) is 9.97 Å². The van der Waals surface area contributed by atoms with E-state index in [-0.39, 0.29) is 5.82 Å². The maximum absolute atomic E-state index is 8.31. The van der Waals surface area contributed by atoms with Gasteiger partial charge in [-0.1, -0.05) is 32.0 Å². The summed E-state index contributed by atoms with van der Waals surface area (Å²) in [5.74, 6) is -2.73. The summed E-state index contributed by atoms with van der Waals surface area (Å²) in [6, 6.07) is 13.5. The predicted molar refractivity (Wildman–Crippen MR) is 97.4 cm³/mol. The molecule has 0 aliphatic heterocycles. The van der Waals surface area contributed by atoms with Crippen molar-refractivity contribution >= 4 is 0 Å². The first kappa shape index (κ1) is 10.3. The summed E-state index contributed by atoms with van der Waals surface area (Å²) in [5.41, 5.74) is 4.34. The Bertz CT molecular complexity index is 1080. The molecule has 3 heteroatoms. The molecule has 3 nitrogen and oxygen atoms in total. The van der Waals surface area contributed by atoms with E-state index in [1.807, 2.05) is 61.1 Å². The summed E-state index contributed by atoms with van der Waals surface area (Å²) >= 11 is 0. The van der Waals surface area contributed by atoms with Gasteiger partial charge >= 0.3 is 0 Å². The molecule has 0 saturated carbocycles. The molecule has 122 valence electrons. The number of aryl methyl sites for hydroxylation is 2. The molecule has 0 saturated heterocycles. The Kier molecular flexibility index (Phi) is 2.98. The molecule has 1 unspecified atom stereocenters. The third-order valence-electron chi connectivity index (χ3n) is 3.82. The van der Waals surface area contributed by atoms with Crippen LogP contribution in [0.2, 0.25) is 0 Å². The first-order valence-electron chi connectivity index (χ1n) is 10.8. The molecule has 0 fully saturated rings. The highest BCUT2D eigenvalue weighted by atomic mass is 14.9. The van der Waals surface area contributed by atoms with Crippen molar-refractivity contribution < 1.29 is 12.8 Å². The lowest BCUT2D eigenvalue weighted by atomic mass is 10.0. The number of aromatic nitrogens is 3. The molecule has 0 bridgehead atoms. The third-order valence-corrected chi connectivity index (χ3v) is 3.82. The van der Waals surface area contributed by atoms with E-state index in [0.29, 0.717) is 5.69 Å². The molecule has 1 aromatic carbocycles. The molecule has 24 heavy (non-hydrogen) atoms. The second-order valence-corrected chi connectivity index (χ2v) is 5.74. The van der Waals surface area contributed by atoms with Gasteiger partial charge in [0.05, 0.1) is 5.69 Å². The average Bonchev–Trinajstić information content (AvgIpc) is 2.68. The second-order valence-electron chi connectivity index (χ2n) is 5.74. The maximum Gasteiger partial charge on any atom is 0.213 e. The average molecular weight is 324 g/mol. The molecule has 3 aromatic rings. The fourth-order valence-corrected chi connectivity index (χ4v) is 2.60. The lowest BCUT2D eigenvalue weighted by molar-refractivity contribution is -0.660. The summed E-state index contributed by atoms with van der Waals surface area (Å²) < 4.78 is 49.5. The maximum atomic E-state index is 8.31. The Morgan fingerprint density at radius 2 is 2.12 bits per heavy atom.